The van der Waals surface area contributed by atoms with E-state index in [9.17, 15) is 31.2 Å². The predicted molar refractivity (Wildman–Crippen MR) is 189 cm³/mol. The van der Waals surface area contributed by atoms with Crippen molar-refractivity contribution in [1.82, 2.24) is 39.3 Å². The van der Waals surface area contributed by atoms with Gasteiger partial charge in [-0.05, 0) is 31.2 Å². The molecular formula is C29H35N11O13S2. The molecule has 0 saturated carbocycles. The number of urea groups is 2. The maximum Gasteiger partial charge on any atom is 0.337 e. The van der Waals surface area contributed by atoms with Crippen LogP contribution in [0.4, 0.5) is 27.4 Å². The van der Waals surface area contributed by atoms with Gasteiger partial charge in [0.1, 0.15) is 22.1 Å². The standard InChI is InChI=1S/C15H19N5O7S.C14H16N6O6S/c1-24-8-9-27-10-6-4-5-7-11(10)28(22,23)20-13(21)16-12-17-14(25-2)19-15(18-12)26-3;1-3-26-14-18-11(15-2)16-12(19-14)17-13(23)20-27(24,25)9-7-5-4-6-8(9)10(21)22/h4-7H,8-9H2,1-3H3,(H2,16,17,18,19,20,21);4-7H,3H2,1-2H3,(H,21,22)(H3,15,16,17,18,19,20,23). The molecule has 2 heterocycles. The van der Waals surface area contributed by atoms with Crippen LogP contribution in [0.25, 0.3) is 0 Å². The SMILES string of the molecule is CCOc1nc(NC)nc(NC(=O)NS(=O)(=O)c2ccccc2C(=O)O)n1.COCCOc1ccccc1S(=O)(=O)NC(=O)Nc1nc(OC)nc(OC)n1. The van der Waals surface area contributed by atoms with Crippen LogP contribution in [-0.2, 0) is 24.8 Å². The zero-order valence-corrected chi connectivity index (χ0v) is 31.2. The molecule has 0 aliphatic heterocycles. The van der Waals surface area contributed by atoms with Crippen molar-refractivity contribution in [2.75, 3.05) is 64.1 Å². The first kappa shape index (κ1) is 42.7. The number of methoxy groups -OCH3 is 3. The van der Waals surface area contributed by atoms with Crippen molar-refractivity contribution in [1.29, 1.82) is 0 Å². The highest BCUT2D eigenvalue weighted by Gasteiger charge is 2.25. The van der Waals surface area contributed by atoms with Crippen molar-refractivity contribution in [2.45, 2.75) is 16.7 Å². The minimum atomic E-state index is -4.45. The minimum absolute atomic E-state index is 0.0725. The maximum absolute atomic E-state index is 12.5. The average Bonchev–Trinajstić information content (AvgIpc) is 3.14. The van der Waals surface area contributed by atoms with Gasteiger partial charge in [-0.2, -0.15) is 24.9 Å². The van der Waals surface area contributed by atoms with Gasteiger partial charge in [-0.25, -0.2) is 40.7 Å². The summed E-state index contributed by atoms with van der Waals surface area (Å²) < 4.78 is 78.4. The molecule has 0 fully saturated rings. The molecule has 24 nitrogen and oxygen atoms in total. The molecule has 0 saturated heterocycles. The van der Waals surface area contributed by atoms with Gasteiger partial charge in [-0.15, -0.1) is 4.98 Å². The van der Waals surface area contributed by atoms with Gasteiger partial charge in [0.05, 0.1) is 33.0 Å². The zero-order chi connectivity index (χ0) is 40.6. The van der Waals surface area contributed by atoms with Gasteiger partial charge >= 0.3 is 36.1 Å². The number of aromatic carboxylic acids is 1. The van der Waals surface area contributed by atoms with Gasteiger partial charge in [0.15, 0.2) is 0 Å². The average molecular weight is 810 g/mol. The maximum atomic E-state index is 12.5. The van der Waals surface area contributed by atoms with E-state index in [1.165, 1.54) is 58.7 Å². The van der Waals surface area contributed by atoms with Crippen LogP contribution in [-0.4, -0.2) is 118 Å². The summed E-state index contributed by atoms with van der Waals surface area (Å²) in [7, 11) is -3.06. The lowest BCUT2D eigenvalue weighted by Crippen LogP contribution is -2.35. The highest BCUT2D eigenvalue weighted by molar-refractivity contribution is 7.90. The van der Waals surface area contributed by atoms with E-state index in [4.69, 9.17) is 28.8 Å². The number of carboxylic acid groups (broad SMARTS) is 1. The number of rotatable bonds is 16. The van der Waals surface area contributed by atoms with Crippen molar-refractivity contribution in [2.24, 2.45) is 0 Å². The molecule has 2 aromatic carbocycles. The van der Waals surface area contributed by atoms with E-state index in [0.29, 0.717) is 0 Å². The number of amides is 4. The second kappa shape index (κ2) is 20.0. The van der Waals surface area contributed by atoms with Crippen LogP contribution in [0.1, 0.15) is 17.3 Å². The van der Waals surface area contributed by atoms with Crippen molar-refractivity contribution in [3.8, 4) is 23.8 Å². The van der Waals surface area contributed by atoms with E-state index in [1.807, 2.05) is 4.72 Å². The Labute approximate surface area is 313 Å². The quantitative estimate of drug-likeness (QED) is 0.0858. The second-order valence-electron chi connectivity index (χ2n) is 9.79. The topological polar surface area (TPSA) is 323 Å². The third kappa shape index (κ3) is 12.8. The second-order valence-corrected chi connectivity index (χ2v) is 13.1. The monoisotopic (exact) mass is 809 g/mol. The Morgan fingerprint density at radius 1 is 0.655 bits per heavy atom. The lowest BCUT2D eigenvalue weighted by molar-refractivity contribution is 0.0692. The molecule has 0 radical (unpaired) electrons. The number of sulfonamides is 2. The molecule has 0 unspecified atom stereocenters. The Morgan fingerprint density at radius 2 is 1.16 bits per heavy atom. The van der Waals surface area contributed by atoms with Gasteiger partial charge in [0.25, 0.3) is 20.0 Å². The lowest BCUT2D eigenvalue weighted by Gasteiger charge is -2.12. The molecule has 4 rings (SSSR count). The Balaban J connectivity index is 0.000000296. The Hall–Kier alpha value is -6.67. The summed E-state index contributed by atoms with van der Waals surface area (Å²) in [5, 5.41) is 16.0. The number of aromatic nitrogens is 6. The highest BCUT2D eigenvalue weighted by atomic mass is 32.2. The van der Waals surface area contributed by atoms with Gasteiger partial charge in [-0.3, -0.25) is 10.6 Å². The fourth-order valence-corrected chi connectivity index (χ4v) is 5.97. The van der Waals surface area contributed by atoms with Crippen molar-refractivity contribution >= 4 is 55.9 Å². The number of nitrogens with one attached hydrogen (secondary N) is 5. The van der Waals surface area contributed by atoms with E-state index in [1.54, 1.807) is 17.7 Å². The Bertz CT molecular complexity index is 2170. The first-order valence-corrected chi connectivity index (χ1v) is 18.2. The largest absolute Gasteiger partial charge is 0.490 e. The first-order chi connectivity index (χ1) is 26.2. The lowest BCUT2D eigenvalue weighted by atomic mass is 10.2. The molecule has 0 atom stereocenters. The van der Waals surface area contributed by atoms with Crippen molar-refractivity contribution in [3.63, 3.8) is 0 Å². The number of hydrogen-bond acceptors (Lipinski definition) is 19. The summed E-state index contributed by atoms with van der Waals surface area (Å²) in [4.78, 5) is 57.4. The molecule has 0 aliphatic rings. The van der Waals surface area contributed by atoms with E-state index in [2.05, 4.69) is 45.9 Å². The molecule has 2 aromatic heterocycles. The molecule has 0 spiro atoms. The summed E-state index contributed by atoms with van der Waals surface area (Å²) in [5.74, 6) is -1.82. The van der Waals surface area contributed by atoms with Crippen molar-refractivity contribution < 1.29 is 60.0 Å². The van der Waals surface area contributed by atoms with E-state index in [-0.39, 0.29) is 66.3 Å². The molecule has 6 N–H and O–H groups in total. The molecule has 296 valence electrons. The Kier molecular flexibility index (Phi) is 15.5. The van der Waals surface area contributed by atoms with Crippen LogP contribution in [0.5, 0.6) is 23.8 Å². The molecule has 4 aromatic rings. The summed E-state index contributed by atoms with van der Waals surface area (Å²) >= 11 is 0. The smallest absolute Gasteiger partial charge is 0.337 e. The number of para-hydroxylation sites is 1. The van der Waals surface area contributed by atoms with E-state index >= 15 is 0 Å². The molecule has 0 bridgehead atoms. The molecule has 55 heavy (non-hydrogen) atoms. The molecular weight excluding hydrogens is 775 g/mol. The normalized spacial score (nSPS) is 10.8. The summed E-state index contributed by atoms with van der Waals surface area (Å²) in [5.41, 5.74) is -0.478. The fraction of sp³-hybridized carbons (Fsp3) is 0.276. The van der Waals surface area contributed by atoms with Crippen molar-refractivity contribution in [3.05, 3.63) is 54.1 Å². The highest BCUT2D eigenvalue weighted by Crippen LogP contribution is 2.23. The Morgan fingerprint density at radius 3 is 1.71 bits per heavy atom. The van der Waals surface area contributed by atoms with Gasteiger partial charge < -0.3 is 34.1 Å². The van der Waals surface area contributed by atoms with E-state index < -0.39 is 48.5 Å². The van der Waals surface area contributed by atoms with Crippen LogP contribution >= 0.6 is 0 Å². The number of benzene rings is 2. The molecule has 26 heteroatoms. The third-order valence-electron chi connectivity index (χ3n) is 6.07. The summed E-state index contributed by atoms with van der Waals surface area (Å²) in [6, 6.07) is 8.12. The zero-order valence-electron chi connectivity index (χ0n) is 29.6. The summed E-state index contributed by atoms with van der Waals surface area (Å²) in [6.45, 7) is 2.37. The van der Waals surface area contributed by atoms with Crippen LogP contribution < -0.4 is 44.3 Å². The van der Waals surface area contributed by atoms with Crippen LogP contribution in [0, 0.1) is 0 Å². The summed E-state index contributed by atoms with van der Waals surface area (Å²) in [6.07, 6.45) is 0. The number of carbonyl (C=O) groups is 3. The predicted octanol–water partition coefficient (Wildman–Crippen LogP) is 0.945. The van der Waals surface area contributed by atoms with Gasteiger partial charge in [0.2, 0.25) is 17.8 Å². The van der Waals surface area contributed by atoms with Crippen LogP contribution in [0.15, 0.2) is 58.3 Å². The number of hydrogen-bond donors (Lipinski definition) is 6. The van der Waals surface area contributed by atoms with Crippen LogP contribution in [0.3, 0.4) is 0 Å². The number of nitrogens with zero attached hydrogens (tertiary/aromatic N) is 6. The molecule has 4 amide bonds. The number of ether oxygens (including phenoxy) is 5. The molecule has 0 aliphatic carbocycles. The van der Waals surface area contributed by atoms with Crippen LogP contribution in [0.2, 0.25) is 0 Å². The minimum Gasteiger partial charge on any atom is -0.490 e. The van der Waals surface area contributed by atoms with Gasteiger partial charge in [-0.1, -0.05) is 24.3 Å². The van der Waals surface area contributed by atoms with E-state index in [0.717, 1.165) is 12.1 Å². The number of carboxylic acids is 1. The van der Waals surface area contributed by atoms with Gasteiger partial charge in [0, 0.05) is 14.2 Å². The third-order valence-corrected chi connectivity index (χ3v) is 8.83. The first-order valence-electron chi connectivity index (χ1n) is 15.3. The number of carbonyl (C=O) groups excluding carboxylic acids is 2. The number of anilines is 3. The fourth-order valence-electron chi connectivity index (χ4n) is 3.81.